The van der Waals surface area contributed by atoms with Crippen molar-refractivity contribution in [3.8, 4) is 17.2 Å². The molecule has 0 aliphatic carbocycles. The largest absolute Gasteiger partial charge is 0.454 e. The van der Waals surface area contributed by atoms with Crippen LogP contribution < -0.4 is 14.2 Å². The first-order valence-electron chi connectivity index (χ1n) is 10.6. The Morgan fingerprint density at radius 2 is 1.88 bits per heavy atom. The first kappa shape index (κ1) is 22.0. The van der Waals surface area contributed by atoms with Gasteiger partial charge < -0.3 is 49.5 Å². The molecule has 0 amide bonds. The first-order chi connectivity index (χ1) is 15.9. The number of hydrogen-bond acceptors (Lipinski definition) is 9. The van der Waals surface area contributed by atoms with E-state index in [1.165, 1.54) is 0 Å². The highest BCUT2D eigenvalue weighted by atomic mass is 16.7. The molecule has 3 heterocycles. The van der Waals surface area contributed by atoms with Gasteiger partial charge in [0.1, 0.15) is 18.0 Å². The second kappa shape index (κ2) is 8.49. The molecule has 6 N–H and O–H groups in total. The van der Waals surface area contributed by atoms with Gasteiger partial charge in [0.25, 0.3) is 5.79 Å². The van der Waals surface area contributed by atoms with Crippen molar-refractivity contribution in [1.82, 2.24) is 4.98 Å². The Bertz CT molecular complexity index is 1150. The third kappa shape index (κ3) is 3.80. The van der Waals surface area contributed by atoms with Crippen molar-refractivity contribution in [2.24, 2.45) is 0 Å². The van der Waals surface area contributed by atoms with Gasteiger partial charge in [-0.2, -0.15) is 0 Å². The average Bonchev–Trinajstić information content (AvgIpc) is 3.46. The van der Waals surface area contributed by atoms with Crippen molar-refractivity contribution in [2.45, 2.75) is 43.2 Å². The van der Waals surface area contributed by atoms with Crippen LogP contribution in [0.5, 0.6) is 17.2 Å². The third-order valence-corrected chi connectivity index (χ3v) is 6.11. The van der Waals surface area contributed by atoms with E-state index in [-0.39, 0.29) is 12.5 Å². The lowest BCUT2D eigenvalue weighted by molar-refractivity contribution is -0.385. The monoisotopic (exact) mass is 459 g/mol. The third-order valence-electron chi connectivity index (χ3n) is 6.11. The minimum atomic E-state index is -2.65. The Labute approximate surface area is 188 Å². The van der Waals surface area contributed by atoms with Gasteiger partial charge in [-0.1, -0.05) is 12.1 Å². The standard InChI is InChI=1S/C23H25NO9/c25-10-18-20(26)21(27)23(29,22(28)32-18)33-16-3-1-2-14-19(16)13(9-24-14)6-4-12-5-7-15-17(8-12)31-11-30-15/h1-3,5,7-9,18,20-22,24-29H,4,6,10-11H2/t18-,20-,21+,22-,23+/m1/s1. The first-order valence-corrected chi connectivity index (χ1v) is 10.6. The summed E-state index contributed by atoms with van der Waals surface area (Å²) in [5, 5.41) is 51.7. The van der Waals surface area contributed by atoms with Gasteiger partial charge in [-0.05, 0) is 48.2 Å². The van der Waals surface area contributed by atoms with E-state index in [9.17, 15) is 25.5 Å². The van der Waals surface area contributed by atoms with E-state index in [1.54, 1.807) is 12.1 Å². The molecule has 5 rings (SSSR count). The fourth-order valence-electron chi connectivity index (χ4n) is 4.25. The molecular formula is C23H25NO9. The van der Waals surface area contributed by atoms with Gasteiger partial charge in [0, 0.05) is 17.1 Å². The molecule has 2 aromatic carbocycles. The van der Waals surface area contributed by atoms with E-state index in [4.69, 9.17) is 18.9 Å². The summed E-state index contributed by atoms with van der Waals surface area (Å²) in [4.78, 5) is 3.16. The van der Waals surface area contributed by atoms with Crippen LogP contribution in [0.2, 0.25) is 0 Å². The molecule has 10 heteroatoms. The summed E-state index contributed by atoms with van der Waals surface area (Å²) in [6.45, 7) is -0.442. The molecule has 10 nitrogen and oxygen atoms in total. The molecule has 0 radical (unpaired) electrons. The Kier molecular flexibility index (Phi) is 5.65. The van der Waals surface area contributed by atoms with Gasteiger partial charge in [-0.15, -0.1) is 0 Å². The molecule has 0 bridgehead atoms. The van der Waals surface area contributed by atoms with Gasteiger partial charge in [0.15, 0.2) is 17.6 Å². The van der Waals surface area contributed by atoms with Crippen molar-refractivity contribution in [2.75, 3.05) is 13.4 Å². The maximum atomic E-state index is 10.9. The van der Waals surface area contributed by atoms with E-state index >= 15 is 0 Å². The normalized spacial score (nSPS) is 28.9. The summed E-state index contributed by atoms with van der Waals surface area (Å²) in [5.41, 5.74) is 2.66. The molecule has 2 aliphatic rings. The lowest BCUT2D eigenvalue weighted by atomic mass is 9.95. The van der Waals surface area contributed by atoms with E-state index < -0.39 is 37.0 Å². The van der Waals surface area contributed by atoms with Crippen molar-refractivity contribution < 1.29 is 44.5 Å². The number of H-pyrrole nitrogens is 1. The SMILES string of the molecule is OC[C@H]1O[C@@H](O)[C@@](O)(Oc2cccc3[nH]cc(CCc4ccc5c(c4)OCO5)c23)[C@@H](O)[C@@H]1O. The number of nitrogens with one attached hydrogen (secondary N) is 1. The molecule has 2 aliphatic heterocycles. The number of aliphatic hydroxyl groups excluding tert-OH is 4. The number of ether oxygens (including phenoxy) is 4. The van der Waals surface area contributed by atoms with Gasteiger partial charge in [0.2, 0.25) is 13.1 Å². The van der Waals surface area contributed by atoms with Crippen LogP contribution in [0, 0.1) is 0 Å². The summed E-state index contributed by atoms with van der Waals surface area (Å²) in [6, 6.07) is 10.9. The van der Waals surface area contributed by atoms with Crippen molar-refractivity contribution in [3.63, 3.8) is 0 Å². The zero-order valence-corrected chi connectivity index (χ0v) is 17.5. The van der Waals surface area contributed by atoms with Crippen LogP contribution in [0.1, 0.15) is 11.1 Å². The number of fused-ring (bicyclic) bond motifs is 2. The minimum absolute atomic E-state index is 0.188. The molecule has 0 unspecified atom stereocenters. The Hall–Kier alpha value is -2.86. The highest BCUT2D eigenvalue weighted by Crippen LogP contribution is 2.37. The Morgan fingerprint density at radius 3 is 2.70 bits per heavy atom. The smallest absolute Gasteiger partial charge is 0.288 e. The van der Waals surface area contributed by atoms with Gasteiger partial charge >= 0.3 is 0 Å². The summed E-state index contributed by atoms with van der Waals surface area (Å²) >= 11 is 0. The van der Waals surface area contributed by atoms with Crippen LogP contribution >= 0.6 is 0 Å². The molecule has 1 fully saturated rings. The van der Waals surface area contributed by atoms with Crippen molar-refractivity contribution in [3.05, 3.63) is 53.7 Å². The number of aliphatic hydroxyl groups is 5. The summed E-state index contributed by atoms with van der Waals surface area (Å²) < 4.78 is 21.5. The number of benzene rings is 2. The maximum absolute atomic E-state index is 10.9. The second-order valence-corrected chi connectivity index (χ2v) is 8.18. The highest BCUT2D eigenvalue weighted by molar-refractivity contribution is 5.89. The fraction of sp³-hybridized carbons (Fsp3) is 0.391. The summed E-state index contributed by atoms with van der Waals surface area (Å²) in [6.07, 6.45) is -3.72. The van der Waals surface area contributed by atoms with E-state index in [0.29, 0.717) is 29.7 Å². The van der Waals surface area contributed by atoms with Crippen LogP contribution in [-0.2, 0) is 17.6 Å². The zero-order chi connectivity index (χ0) is 23.2. The topological polar surface area (TPSA) is 154 Å². The maximum Gasteiger partial charge on any atom is 0.288 e. The van der Waals surface area contributed by atoms with Crippen LogP contribution in [-0.4, -0.2) is 74.3 Å². The molecule has 176 valence electrons. The van der Waals surface area contributed by atoms with Gasteiger partial charge in [-0.3, -0.25) is 0 Å². The van der Waals surface area contributed by atoms with Crippen molar-refractivity contribution >= 4 is 10.9 Å². The van der Waals surface area contributed by atoms with Crippen LogP contribution in [0.3, 0.4) is 0 Å². The predicted octanol–water partition coefficient (Wildman–Crippen LogP) is 0.180. The molecule has 1 aromatic heterocycles. The molecule has 1 saturated heterocycles. The predicted molar refractivity (Wildman–Crippen MR) is 114 cm³/mol. The molecule has 3 aromatic rings. The molecule has 5 atom stereocenters. The fourth-order valence-corrected chi connectivity index (χ4v) is 4.25. The van der Waals surface area contributed by atoms with Crippen LogP contribution in [0.25, 0.3) is 10.9 Å². The van der Waals surface area contributed by atoms with E-state index in [2.05, 4.69) is 4.98 Å². The van der Waals surface area contributed by atoms with E-state index in [1.807, 2.05) is 30.5 Å². The second-order valence-electron chi connectivity index (χ2n) is 8.18. The number of aromatic nitrogens is 1. The van der Waals surface area contributed by atoms with Crippen LogP contribution in [0.15, 0.2) is 42.6 Å². The van der Waals surface area contributed by atoms with Gasteiger partial charge in [-0.25, -0.2) is 0 Å². The number of rotatable bonds is 6. The quantitative estimate of drug-likeness (QED) is 0.283. The highest BCUT2D eigenvalue weighted by Gasteiger charge is 2.57. The summed E-state index contributed by atoms with van der Waals surface area (Å²) in [7, 11) is 0. The number of aromatic amines is 1. The molecular weight excluding hydrogens is 434 g/mol. The van der Waals surface area contributed by atoms with E-state index in [0.717, 1.165) is 16.6 Å². The summed E-state index contributed by atoms with van der Waals surface area (Å²) in [5.74, 6) is -1.04. The van der Waals surface area contributed by atoms with Crippen molar-refractivity contribution in [1.29, 1.82) is 0 Å². The number of aryl methyl sites for hydroxylation is 2. The molecule has 0 spiro atoms. The Balaban J connectivity index is 1.41. The van der Waals surface area contributed by atoms with Gasteiger partial charge in [0.05, 0.1) is 6.61 Å². The molecule has 33 heavy (non-hydrogen) atoms. The average molecular weight is 459 g/mol. The number of hydrogen-bond donors (Lipinski definition) is 6. The zero-order valence-electron chi connectivity index (χ0n) is 17.5. The molecule has 0 saturated carbocycles. The Morgan fingerprint density at radius 1 is 1.06 bits per heavy atom. The minimum Gasteiger partial charge on any atom is -0.454 e. The lowest BCUT2D eigenvalue weighted by Gasteiger charge is -2.45. The lowest BCUT2D eigenvalue weighted by Crippen LogP contribution is -2.69. The van der Waals surface area contributed by atoms with Crippen LogP contribution in [0.4, 0.5) is 0 Å².